The molecule has 0 saturated heterocycles. The van der Waals surface area contributed by atoms with Crippen LogP contribution in [0.2, 0.25) is 0 Å². The Morgan fingerprint density at radius 1 is 1.43 bits per heavy atom. The molecule has 0 bridgehead atoms. The van der Waals surface area contributed by atoms with Crippen LogP contribution in [0, 0.1) is 0 Å². The van der Waals surface area contributed by atoms with Crippen molar-refractivity contribution in [2.45, 2.75) is 56.6 Å². The lowest BCUT2D eigenvalue weighted by molar-refractivity contribution is -0.108. The molecule has 1 aromatic carbocycles. The van der Waals surface area contributed by atoms with Crippen molar-refractivity contribution in [1.29, 1.82) is 0 Å². The van der Waals surface area contributed by atoms with Gasteiger partial charge in [-0.25, -0.2) is 0 Å². The number of thiocarbonyl (C=S) groups is 1. The van der Waals surface area contributed by atoms with Crippen LogP contribution in [-0.2, 0) is 20.0 Å². The van der Waals surface area contributed by atoms with Gasteiger partial charge in [0.25, 0.3) is 0 Å². The van der Waals surface area contributed by atoms with Crippen LogP contribution in [0.5, 0.6) is 0 Å². The molecule has 7 nitrogen and oxygen atoms in total. The third-order valence-electron chi connectivity index (χ3n) is 4.85. The number of methoxy groups -OCH3 is 1. The van der Waals surface area contributed by atoms with Crippen LogP contribution in [0.4, 0.5) is 0 Å². The van der Waals surface area contributed by atoms with Crippen LogP contribution in [0.15, 0.2) is 34.7 Å². The van der Waals surface area contributed by atoms with E-state index in [1.807, 2.05) is 18.2 Å². The maximum absolute atomic E-state index is 11.0. The third-order valence-corrected chi connectivity index (χ3v) is 5.68. The van der Waals surface area contributed by atoms with Gasteiger partial charge in [-0.1, -0.05) is 37.3 Å². The molecule has 1 fully saturated rings. The Kier molecular flexibility index (Phi) is 10.9. The van der Waals surface area contributed by atoms with Gasteiger partial charge in [0.15, 0.2) is 5.11 Å². The van der Waals surface area contributed by atoms with E-state index in [0.29, 0.717) is 11.5 Å². The number of carbonyl (C=O) groups excluding carboxylic acids is 1. The lowest BCUT2D eigenvalue weighted by atomic mass is 10.00. The Morgan fingerprint density at radius 3 is 2.57 bits per heavy atom. The van der Waals surface area contributed by atoms with Gasteiger partial charge < -0.3 is 15.4 Å². The summed E-state index contributed by atoms with van der Waals surface area (Å²) < 4.78 is 31.5. The maximum Gasteiger partial charge on any atom is 0.311 e. The van der Waals surface area contributed by atoms with E-state index in [4.69, 9.17) is 4.74 Å². The van der Waals surface area contributed by atoms with E-state index in [1.54, 1.807) is 14.2 Å². The Bertz CT molecular complexity index is 744. The van der Waals surface area contributed by atoms with Gasteiger partial charge >= 0.3 is 10.5 Å². The van der Waals surface area contributed by atoms with Crippen LogP contribution >= 0.6 is 12.2 Å². The highest BCUT2D eigenvalue weighted by atomic mass is 32.2. The van der Waals surface area contributed by atoms with Gasteiger partial charge in [-0.15, -0.1) is 0 Å². The summed E-state index contributed by atoms with van der Waals surface area (Å²) in [6.07, 6.45) is 5.30. The predicted octanol–water partition coefficient (Wildman–Crippen LogP) is 2.81. The van der Waals surface area contributed by atoms with Crippen molar-refractivity contribution in [1.82, 2.24) is 10.6 Å². The Hall–Kier alpha value is -1.84. The van der Waals surface area contributed by atoms with Crippen molar-refractivity contribution in [3.63, 3.8) is 0 Å². The van der Waals surface area contributed by atoms with E-state index in [1.165, 1.54) is 5.56 Å². The molecule has 1 aliphatic carbocycles. The largest absolute Gasteiger partial charge is 0.381 e. The monoisotopic (exact) mass is 427 g/mol. The average molecular weight is 428 g/mol. The standard InChI is InChI=1S/C16H23NO3S.C3H6N2OS/c1-3-14(20-2)10-7-11-16(17-21(18)19)12-15(16)13-8-5-4-6-9-13;1-4-3(7)5-2-6/h4-6,8-9,14-15H,3,7,10-12H2,1-2H3;2H,1H3,(H2,4,5,6,7). The minimum Gasteiger partial charge on any atom is -0.381 e. The second-order valence-corrected chi connectivity index (χ2v) is 7.60. The van der Waals surface area contributed by atoms with Gasteiger partial charge in [0.2, 0.25) is 6.41 Å². The number of hydrogen-bond acceptors (Lipinski definition) is 6. The van der Waals surface area contributed by atoms with E-state index in [0.717, 1.165) is 32.1 Å². The van der Waals surface area contributed by atoms with Gasteiger partial charge in [-0.2, -0.15) is 12.8 Å². The number of rotatable bonds is 9. The minimum absolute atomic E-state index is 0.235. The smallest absolute Gasteiger partial charge is 0.311 e. The molecule has 2 rings (SSSR count). The van der Waals surface area contributed by atoms with Gasteiger partial charge in [-0.3, -0.25) is 4.79 Å². The Morgan fingerprint density at radius 2 is 2.11 bits per heavy atom. The number of carbonyl (C=O) groups is 1. The molecule has 1 aliphatic rings. The molecule has 156 valence electrons. The summed E-state index contributed by atoms with van der Waals surface area (Å²) in [7, 11) is 1.02. The van der Waals surface area contributed by atoms with E-state index in [2.05, 4.69) is 46.3 Å². The fraction of sp³-hybridized carbons (Fsp3) is 0.579. The molecule has 0 aromatic heterocycles. The second kappa shape index (κ2) is 12.6. The lowest BCUT2D eigenvalue weighted by Gasteiger charge is -2.15. The molecule has 3 atom stereocenters. The summed E-state index contributed by atoms with van der Waals surface area (Å²) in [5.41, 5.74) is 0.769. The minimum atomic E-state index is -2.34. The van der Waals surface area contributed by atoms with E-state index in [-0.39, 0.29) is 12.0 Å². The third kappa shape index (κ3) is 8.04. The Balaban J connectivity index is 0.000000480. The van der Waals surface area contributed by atoms with Gasteiger partial charge in [0, 0.05) is 20.1 Å². The van der Waals surface area contributed by atoms with Crippen molar-refractivity contribution in [2.75, 3.05) is 14.2 Å². The number of nitrogens with zero attached hydrogens (tertiary/aromatic N) is 1. The summed E-state index contributed by atoms with van der Waals surface area (Å²) in [5, 5.41) is 5.13. The average Bonchev–Trinajstić information content (AvgIpc) is 3.39. The summed E-state index contributed by atoms with van der Waals surface area (Å²) in [4.78, 5) is 9.54. The normalized spacial score (nSPS) is 20.8. The zero-order valence-corrected chi connectivity index (χ0v) is 18.2. The van der Waals surface area contributed by atoms with Crippen LogP contribution in [0.3, 0.4) is 0 Å². The van der Waals surface area contributed by atoms with Crippen LogP contribution in [-0.4, -0.2) is 45.7 Å². The SMILES string of the molecule is CCC(CCCC1(N=S(=O)=O)CC1c1ccccc1)OC.CNC(=S)NC=O. The summed E-state index contributed by atoms with van der Waals surface area (Å²) in [5.74, 6) is 0.235. The van der Waals surface area contributed by atoms with Crippen molar-refractivity contribution < 1.29 is 17.9 Å². The van der Waals surface area contributed by atoms with Crippen LogP contribution in [0.25, 0.3) is 0 Å². The van der Waals surface area contributed by atoms with Crippen LogP contribution in [0.1, 0.15) is 50.5 Å². The van der Waals surface area contributed by atoms with Gasteiger partial charge in [-0.05, 0) is 49.9 Å². The molecule has 0 aliphatic heterocycles. The molecule has 28 heavy (non-hydrogen) atoms. The van der Waals surface area contributed by atoms with E-state index in [9.17, 15) is 13.2 Å². The summed E-state index contributed by atoms with van der Waals surface area (Å²) >= 11 is 4.50. The van der Waals surface area contributed by atoms with Crippen molar-refractivity contribution >= 4 is 34.2 Å². The first-order chi connectivity index (χ1) is 13.4. The van der Waals surface area contributed by atoms with Gasteiger partial charge in [0.1, 0.15) is 0 Å². The predicted molar refractivity (Wildman–Crippen MR) is 114 cm³/mol. The molecule has 0 heterocycles. The topological polar surface area (TPSA) is 96.9 Å². The van der Waals surface area contributed by atoms with Gasteiger partial charge in [0.05, 0.1) is 11.6 Å². The van der Waals surface area contributed by atoms with Crippen LogP contribution < -0.4 is 10.6 Å². The highest BCUT2D eigenvalue weighted by Crippen LogP contribution is 2.57. The molecule has 0 radical (unpaired) electrons. The fourth-order valence-electron chi connectivity index (χ4n) is 3.23. The molecular formula is C19H29N3O4S2. The zero-order valence-electron chi connectivity index (χ0n) is 16.6. The summed E-state index contributed by atoms with van der Waals surface area (Å²) in [6, 6.07) is 10.1. The molecule has 0 spiro atoms. The number of hydrogen-bond donors (Lipinski definition) is 2. The van der Waals surface area contributed by atoms with Crippen molar-refractivity contribution in [2.24, 2.45) is 4.36 Å². The number of amides is 1. The number of benzene rings is 1. The molecule has 9 heteroatoms. The first kappa shape index (κ1) is 24.2. The molecule has 2 N–H and O–H groups in total. The number of nitrogens with one attached hydrogen (secondary N) is 2. The number of ether oxygens (including phenoxy) is 1. The molecule has 1 aromatic rings. The fourth-order valence-corrected chi connectivity index (χ4v) is 3.87. The molecule has 1 amide bonds. The van der Waals surface area contributed by atoms with E-state index < -0.39 is 16.0 Å². The molecule has 1 saturated carbocycles. The second-order valence-electron chi connectivity index (χ2n) is 6.58. The summed E-state index contributed by atoms with van der Waals surface area (Å²) in [6.45, 7) is 2.10. The highest BCUT2D eigenvalue weighted by Gasteiger charge is 2.55. The zero-order chi connectivity index (χ0) is 21.0. The lowest BCUT2D eigenvalue weighted by Crippen LogP contribution is -2.30. The maximum atomic E-state index is 11.0. The highest BCUT2D eigenvalue weighted by molar-refractivity contribution is 7.80. The molecular weight excluding hydrogens is 398 g/mol. The first-order valence-electron chi connectivity index (χ1n) is 9.24. The first-order valence-corrected chi connectivity index (χ1v) is 10.7. The molecule has 3 unspecified atom stereocenters. The van der Waals surface area contributed by atoms with Crippen molar-refractivity contribution in [3.05, 3.63) is 35.9 Å². The quantitative estimate of drug-likeness (QED) is 0.465. The Labute approximate surface area is 174 Å². The van der Waals surface area contributed by atoms with Crippen molar-refractivity contribution in [3.8, 4) is 0 Å². The van der Waals surface area contributed by atoms with E-state index >= 15 is 0 Å².